The van der Waals surface area contributed by atoms with Crippen molar-refractivity contribution in [3.05, 3.63) is 59.8 Å². The maximum absolute atomic E-state index is 13.1. The van der Waals surface area contributed by atoms with Crippen LogP contribution in [0, 0.1) is 5.41 Å². The highest BCUT2D eigenvalue weighted by Gasteiger charge is 2.43. The molecule has 1 aromatic carbocycles. The van der Waals surface area contributed by atoms with E-state index in [1.54, 1.807) is 12.3 Å². The molecule has 1 heterocycles. The molecule has 4 heteroatoms. The zero-order valence-corrected chi connectivity index (χ0v) is 18.1. The van der Waals surface area contributed by atoms with Crippen LogP contribution in [0.5, 0.6) is 0 Å². The Balaban J connectivity index is 2.28. The van der Waals surface area contributed by atoms with Crippen molar-refractivity contribution in [2.75, 3.05) is 0 Å². The Morgan fingerprint density at radius 2 is 1.71 bits per heavy atom. The molecule has 28 heavy (non-hydrogen) atoms. The lowest BCUT2D eigenvalue weighted by Gasteiger charge is -2.38. The Morgan fingerprint density at radius 3 is 2.21 bits per heavy atom. The number of carbonyl (C=O) groups is 2. The van der Waals surface area contributed by atoms with Crippen LogP contribution in [-0.4, -0.2) is 22.8 Å². The van der Waals surface area contributed by atoms with E-state index in [-0.39, 0.29) is 23.3 Å². The fraction of sp³-hybridized carbons (Fsp3) is 0.500. The van der Waals surface area contributed by atoms with Crippen LogP contribution in [0.15, 0.2) is 54.3 Å². The molecule has 0 bridgehead atoms. The van der Waals surface area contributed by atoms with Gasteiger partial charge in [0.15, 0.2) is 0 Å². The number of carbonyl (C=O) groups excluding carboxylic acids is 2. The Morgan fingerprint density at radius 1 is 1.14 bits per heavy atom. The summed E-state index contributed by atoms with van der Waals surface area (Å²) < 4.78 is 0. The van der Waals surface area contributed by atoms with Gasteiger partial charge >= 0.3 is 0 Å². The van der Waals surface area contributed by atoms with Crippen LogP contribution in [0.25, 0.3) is 0 Å². The van der Waals surface area contributed by atoms with Crippen LogP contribution in [0.1, 0.15) is 66.4 Å². The number of amides is 2. The average Bonchev–Trinajstić information content (AvgIpc) is 2.95. The molecule has 0 aromatic heterocycles. The summed E-state index contributed by atoms with van der Waals surface area (Å²) in [6.07, 6.45) is 7.75. The van der Waals surface area contributed by atoms with E-state index in [0.29, 0.717) is 5.57 Å². The quantitative estimate of drug-likeness (QED) is 0.693. The molecular weight excluding hydrogens is 348 g/mol. The highest BCUT2D eigenvalue weighted by molar-refractivity contribution is 6.00. The molecular formula is C24H34N2O2. The van der Waals surface area contributed by atoms with Crippen molar-refractivity contribution in [2.24, 2.45) is 5.41 Å². The van der Waals surface area contributed by atoms with Gasteiger partial charge in [-0.05, 0) is 57.7 Å². The minimum Gasteiger partial charge on any atom is -0.332 e. The van der Waals surface area contributed by atoms with Crippen LogP contribution in [0.3, 0.4) is 0 Å². The Labute approximate surface area is 169 Å². The van der Waals surface area contributed by atoms with E-state index in [2.05, 4.69) is 12.2 Å². The van der Waals surface area contributed by atoms with Gasteiger partial charge in [0.2, 0.25) is 5.91 Å². The van der Waals surface area contributed by atoms with Crippen LogP contribution in [-0.2, 0) is 15.1 Å². The summed E-state index contributed by atoms with van der Waals surface area (Å²) in [4.78, 5) is 27.6. The number of hydrogen-bond acceptors (Lipinski definition) is 2. The van der Waals surface area contributed by atoms with Gasteiger partial charge in [-0.15, -0.1) is 0 Å². The molecule has 0 radical (unpaired) electrons. The van der Waals surface area contributed by atoms with Crippen molar-refractivity contribution < 1.29 is 9.59 Å². The minimum atomic E-state index is -0.504. The molecule has 152 valence electrons. The minimum absolute atomic E-state index is 0.0143. The first-order valence-electron chi connectivity index (χ1n) is 10.3. The van der Waals surface area contributed by atoms with Crippen molar-refractivity contribution in [1.29, 1.82) is 0 Å². The van der Waals surface area contributed by atoms with E-state index in [0.717, 1.165) is 24.8 Å². The first-order valence-corrected chi connectivity index (χ1v) is 10.3. The molecule has 0 fully saturated rings. The Bertz CT molecular complexity index is 752. The summed E-state index contributed by atoms with van der Waals surface area (Å²) in [5.41, 5.74) is 0.832. The second kappa shape index (κ2) is 8.76. The van der Waals surface area contributed by atoms with Gasteiger partial charge in [0, 0.05) is 23.2 Å². The number of hydrogen-bond donors (Lipinski definition) is 1. The van der Waals surface area contributed by atoms with E-state index in [4.69, 9.17) is 0 Å². The van der Waals surface area contributed by atoms with Crippen molar-refractivity contribution in [3.63, 3.8) is 0 Å². The van der Waals surface area contributed by atoms with E-state index >= 15 is 0 Å². The van der Waals surface area contributed by atoms with Crippen molar-refractivity contribution >= 4 is 11.8 Å². The molecule has 0 spiro atoms. The molecule has 0 saturated heterocycles. The molecule has 1 atom stereocenters. The van der Waals surface area contributed by atoms with Crippen LogP contribution in [0.4, 0.5) is 0 Å². The molecule has 1 aliphatic heterocycles. The highest BCUT2D eigenvalue weighted by atomic mass is 16.2. The Kier molecular flexibility index (Phi) is 6.87. The third-order valence-corrected chi connectivity index (χ3v) is 6.27. The molecule has 2 rings (SSSR count). The maximum Gasteiger partial charge on any atom is 0.254 e. The molecule has 1 aliphatic rings. The summed E-state index contributed by atoms with van der Waals surface area (Å²) in [5, 5.41) is 2.90. The van der Waals surface area contributed by atoms with Crippen LogP contribution < -0.4 is 5.32 Å². The summed E-state index contributed by atoms with van der Waals surface area (Å²) in [5.74, 6) is 0.00780. The second-order valence-corrected chi connectivity index (χ2v) is 8.03. The summed E-state index contributed by atoms with van der Waals surface area (Å²) in [6, 6.07) is 10.1. The molecule has 4 nitrogen and oxygen atoms in total. The lowest BCUT2D eigenvalue weighted by atomic mass is 9.79. The fourth-order valence-corrected chi connectivity index (χ4v) is 4.26. The number of benzene rings is 1. The zero-order valence-electron chi connectivity index (χ0n) is 18.1. The normalized spacial score (nSPS) is 20.2. The lowest BCUT2D eigenvalue weighted by Crippen LogP contribution is -2.46. The SMILES string of the molecule is CCC(CC)(CC)C(=O)N/C=C\C1=CC(C)(c2ccccc2)N(C(C)C)C1=O. The zero-order chi connectivity index (χ0) is 20.9. The van der Waals surface area contributed by atoms with Crippen molar-refractivity contribution in [3.8, 4) is 0 Å². The van der Waals surface area contributed by atoms with Gasteiger partial charge in [0.25, 0.3) is 5.91 Å². The average molecular weight is 383 g/mol. The first kappa shape index (κ1) is 21.9. The second-order valence-electron chi connectivity index (χ2n) is 8.03. The number of nitrogens with one attached hydrogen (secondary N) is 1. The van der Waals surface area contributed by atoms with E-state index < -0.39 is 5.54 Å². The smallest absolute Gasteiger partial charge is 0.254 e. The van der Waals surface area contributed by atoms with Gasteiger partial charge in [-0.3, -0.25) is 9.59 Å². The number of nitrogens with zero attached hydrogens (tertiary/aromatic N) is 1. The third kappa shape index (κ3) is 3.91. The molecule has 0 saturated carbocycles. The van der Waals surface area contributed by atoms with E-state index in [1.807, 2.05) is 75.9 Å². The molecule has 0 aliphatic carbocycles. The monoisotopic (exact) mass is 382 g/mol. The summed E-state index contributed by atoms with van der Waals surface area (Å²) >= 11 is 0. The van der Waals surface area contributed by atoms with Crippen molar-refractivity contribution in [2.45, 2.75) is 72.4 Å². The first-order chi connectivity index (χ1) is 13.3. The van der Waals surface area contributed by atoms with E-state index in [1.165, 1.54) is 0 Å². The molecule has 1 unspecified atom stereocenters. The van der Waals surface area contributed by atoms with Gasteiger partial charge in [-0.25, -0.2) is 0 Å². The predicted octanol–water partition coefficient (Wildman–Crippen LogP) is 4.93. The van der Waals surface area contributed by atoms with Crippen LogP contribution >= 0.6 is 0 Å². The van der Waals surface area contributed by atoms with E-state index in [9.17, 15) is 9.59 Å². The van der Waals surface area contributed by atoms with Gasteiger partial charge in [-0.2, -0.15) is 0 Å². The standard InChI is InChI=1S/C24H34N2O2/c1-7-24(8-2,9-3)22(28)25-16-15-19-17-23(6,20-13-11-10-12-14-20)26(18(4)5)21(19)27/h10-18H,7-9H2,1-6H3,(H,25,28)/b16-15-. The van der Waals surface area contributed by atoms with Gasteiger partial charge in [0.05, 0.1) is 5.54 Å². The van der Waals surface area contributed by atoms with Crippen LogP contribution in [0.2, 0.25) is 0 Å². The number of rotatable bonds is 8. The Hall–Kier alpha value is -2.36. The van der Waals surface area contributed by atoms with Gasteiger partial charge < -0.3 is 10.2 Å². The summed E-state index contributed by atoms with van der Waals surface area (Å²) in [6.45, 7) is 12.3. The van der Waals surface area contributed by atoms with Crippen molar-refractivity contribution in [1.82, 2.24) is 10.2 Å². The fourth-order valence-electron chi connectivity index (χ4n) is 4.26. The molecule has 1 aromatic rings. The predicted molar refractivity (Wildman–Crippen MR) is 114 cm³/mol. The van der Waals surface area contributed by atoms with Gasteiger partial charge in [-0.1, -0.05) is 51.1 Å². The largest absolute Gasteiger partial charge is 0.332 e. The lowest BCUT2D eigenvalue weighted by molar-refractivity contribution is -0.132. The molecule has 1 N–H and O–H groups in total. The topological polar surface area (TPSA) is 49.4 Å². The third-order valence-electron chi connectivity index (χ3n) is 6.27. The molecule has 2 amide bonds. The summed E-state index contributed by atoms with van der Waals surface area (Å²) in [7, 11) is 0. The maximum atomic E-state index is 13.1. The highest BCUT2D eigenvalue weighted by Crippen LogP contribution is 2.39. The van der Waals surface area contributed by atoms with Gasteiger partial charge in [0.1, 0.15) is 0 Å².